The molecule has 0 bridgehead atoms. The Kier molecular flexibility index (Phi) is 2.57. The first-order valence-electron chi connectivity index (χ1n) is 4.60. The minimum atomic E-state index is -0.782. The van der Waals surface area contributed by atoms with Crippen molar-refractivity contribution in [3.8, 4) is 0 Å². The normalized spacial score (nSPS) is 10.7. The van der Waals surface area contributed by atoms with E-state index in [1.165, 1.54) is 6.33 Å². The van der Waals surface area contributed by atoms with Crippen LogP contribution in [0.15, 0.2) is 18.9 Å². The van der Waals surface area contributed by atoms with Gasteiger partial charge in [0.2, 0.25) is 0 Å². The van der Waals surface area contributed by atoms with E-state index in [2.05, 4.69) is 15.0 Å². The fourth-order valence-electron chi connectivity index (χ4n) is 1.38. The molecule has 0 aromatic carbocycles. The van der Waals surface area contributed by atoms with Crippen molar-refractivity contribution in [2.24, 2.45) is 0 Å². The van der Waals surface area contributed by atoms with E-state index in [0.29, 0.717) is 18.6 Å². The average Bonchev–Trinajstić information content (AvgIpc) is 2.62. The molecular formula is C9H10N4O2. The Labute approximate surface area is 85.6 Å². The highest BCUT2D eigenvalue weighted by atomic mass is 16.4. The highest BCUT2D eigenvalue weighted by Gasteiger charge is 2.03. The number of hydrogen-bond donors (Lipinski definition) is 1. The van der Waals surface area contributed by atoms with Gasteiger partial charge in [0.05, 0.1) is 12.5 Å². The summed E-state index contributed by atoms with van der Waals surface area (Å²) in [6.45, 7) is 0.621. The van der Waals surface area contributed by atoms with Crippen LogP contribution >= 0.6 is 0 Å². The van der Waals surface area contributed by atoms with Crippen LogP contribution < -0.4 is 0 Å². The van der Waals surface area contributed by atoms with Crippen LogP contribution in [0, 0.1) is 0 Å². The van der Waals surface area contributed by atoms with Crippen molar-refractivity contribution in [3.63, 3.8) is 0 Å². The van der Waals surface area contributed by atoms with Gasteiger partial charge >= 0.3 is 5.97 Å². The Morgan fingerprint density at radius 2 is 2.33 bits per heavy atom. The first kappa shape index (κ1) is 9.57. The second kappa shape index (κ2) is 4.04. The first-order valence-corrected chi connectivity index (χ1v) is 4.60. The molecule has 2 aromatic rings. The van der Waals surface area contributed by atoms with Gasteiger partial charge in [-0.05, 0) is 6.42 Å². The molecule has 0 amide bonds. The molecule has 2 aromatic heterocycles. The SMILES string of the molecule is O=C(O)CCCn1cnc2ncncc21. The topological polar surface area (TPSA) is 80.9 Å². The van der Waals surface area contributed by atoms with Crippen molar-refractivity contribution in [1.82, 2.24) is 19.5 Å². The van der Waals surface area contributed by atoms with E-state index in [1.807, 2.05) is 4.57 Å². The van der Waals surface area contributed by atoms with Gasteiger partial charge in [-0.25, -0.2) is 15.0 Å². The predicted molar refractivity (Wildman–Crippen MR) is 52.2 cm³/mol. The molecule has 6 nitrogen and oxygen atoms in total. The standard InChI is InChI=1S/C9H10N4O2/c14-8(15)2-1-3-13-6-12-9-7(13)4-10-5-11-9/h4-6H,1-3H2,(H,14,15). The van der Waals surface area contributed by atoms with Crippen molar-refractivity contribution in [1.29, 1.82) is 0 Å². The zero-order valence-electron chi connectivity index (χ0n) is 8.00. The minimum absolute atomic E-state index is 0.160. The molecule has 78 valence electrons. The van der Waals surface area contributed by atoms with E-state index in [9.17, 15) is 4.79 Å². The number of imidazole rings is 1. The van der Waals surface area contributed by atoms with E-state index in [-0.39, 0.29) is 6.42 Å². The third-order valence-corrected chi connectivity index (χ3v) is 2.09. The number of nitrogens with zero attached hydrogens (tertiary/aromatic N) is 4. The number of aliphatic carboxylic acids is 1. The molecule has 0 aliphatic heterocycles. The summed E-state index contributed by atoms with van der Waals surface area (Å²) < 4.78 is 1.86. The summed E-state index contributed by atoms with van der Waals surface area (Å²) in [6.07, 6.45) is 5.51. The van der Waals surface area contributed by atoms with Crippen LogP contribution in [0.2, 0.25) is 0 Å². The number of carbonyl (C=O) groups is 1. The van der Waals surface area contributed by atoms with E-state index < -0.39 is 5.97 Å². The quantitative estimate of drug-likeness (QED) is 0.795. The molecule has 0 saturated carbocycles. The van der Waals surface area contributed by atoms with Crippen molar-refractivity contribution >= 4 is 17.1 Å². The molecule has 0 aliphatic rings. The summed E-state index contributed by atoms with van der Waals surface area (Å²) in [7, 11) is 0. The van der Waals surface area contributed by atoms with Crippen LogP contribution in [0.3, 0.4) is 0 Å². The lowest BCUT2D eigenvalue weighted by Gasteiger charge is -2.00. The van der Waals surface area contributed by atoms with Crippen LogP contribution in [0.4, 0.5) is 0 Å². The number of fused-ring (bicyclic) bond motifs is 1. The van der Waals surface area contributed by atoms with Gasteiger partial charge in [-0.3, -0.25) is 4.79 Å². The predicted octanol–water partition coefficient (Wildman–Crippen LogP) is 0.691. The molecule has 0 aliphatic carbocycles. The van der Waals surface area contributed by atoms with Crippen LogP contribution in [0.5, 0.6) is 0 Å². The summed E-state index contributed by atoms with van der Waals surface area (Å²) in [5.74, 6) is -0.782. The summed E-state index contributed by atoms with van der Waals surface area (Å²) in [5, 5.41) is 8.51. The Balaban J connectivity index is 2.11. The number of rotatable bonds is 4. The maximum atomic E-state index is 10.3. The number of hydrogen-bond acceptors (Lipinski definition) is 4. The molecule has 2 heterocycles. The van der Waals surface area contributed by atoms with Crippen LogP contribution in [-0.2, 0) is 11.3 Å². The molecule has 0 fully saturated rings. The van der Waals surface area contributed by atoms with E-state index in [4.69, 9.17) is 5.11 Å². The minimum Gasteiger partial charge on any atom is -0.481 e. The summed E-state index contributed by atoms with van der Waals surface area (Å²) >= 11 is 0. The second-order valence-corrected chi connectivity index (χ2v) is 3.17. The average molecular weight is 206 g/mol. The molecule has 2 rings (SSSR count). The van der Waals surface area contributed by atoms with E-state index in [0.717, 1.165) is 5.52 Å². The summed E-state index contributed by atoms with van der Waals surface area (Å²) in [6, 6.07) is 0. The van der Waals surface area contributed by atoms with Gasteiger partial charge in [-0.2, -0.15) is 0 Å². The zero-order valence-corrected chi connectivity index (χ0v) is 8.00. The number of carboxylic acids is 1. The second-order valence-electron chi connectivity index (χ2n) is 3.17. The van der Waals surface area contributed by atoms with Gasteiger partial charge < -0.3 is 9.67 Å². The van der Waals surface area contributed by atoms with Crippen LogP contribution in [-0.4, -0.2) is 30.6 Å². The van der Waals surface area contributed by atoms with Crippen molar-refractivity contribution in [2.75, 3.05) is 0 Å². The molecule has 1 N–H and O–H groups in total. The number of aromatic nitrogens is 4. The fourth-order valence-corrected chi connectivity index (χ4v) is 1.38. The zero-order chi connectivity index (χ0) is 10.7. The maximum absolute atomic E-state index is 10.3. The van der Waals surface area contributed by atoms with Gasteiger partial charge in [0.15, 0.2) is 5.65 Å². The summed E-state index contributed by atoms with van der Waals surface area (Å²) in [4.78, 5) is 22.3. The van der Waals surface area contributed by atoms with Gasteiger partial charge in [0.1, 0.15) is 11.8 Å². The molecule has 0 atom stereocenters. The fraction of sp³-hybridized carbons (Fsp3) is 0.333. The molecule has 0 radical (unpaired) electrons. The van der Waals surface area contributed by atoms with Crippen molar-refractivity contribution in [2.45, 2.75) is 19.4 Å². The number of aryl methyl sites for hydroxylation is 1. The van der Waals surface area contributed by atoms with E-state index >= 15 is 0 Å². The third-order valence-electron chi connectivity index (χ3n) is 2.09. The lowest BCUT2D eigenvalue weighted by Crippen LogP contribution is -2.01. The lowest BCUT2D eigenvalue weighted by molar-refractivity contribution is -0.137. The largest absolute Gasteiger partial charge is 0.481 e. The first-order chi connectivity index (χ1) is 7.27. The van der Waals surface area contributed by atoms with Crippen LogP contribution in [0.1, 0.15) is 12.8 Å². The van der Waals surface area contributed by atoms with Gasteiger partial charge in [0.25, 0.3) is 0 Å². The lowest BCUT2D eigenvalue weighted by atomic mass is 10.3. The van der Waals surface area contributed by atoms with E-state index in [1.54, 1.807) is 12.5 Å². The smallest absolute Gasteiger partial charge is 0.303 e. The van der Waals surface area contributed by atoms with Crippen molar-refractivity contribution in [3.05, 3.63) is 18.9 Å². The molecule has 15 heavy (non-hydrogen) atoms. The molecule has 0 unspecified atom stereocenters. The van der Waals surface area contributed by atoms with Gasteiger partial charge in [0, 0.05) is 13.0 Å². The van der Waals surface area contributed by atoms with Crippen molar-refractivity contribution < 1.29 is 9.90 Å². The third kappa shape index (κ3) is 2.09. The Hall–Kier alpha value is -1.98. The highest BCUT2D eigenvalue weighted by Crippen LogP contribution is 2.08. The molecular weight excluding hydrogens is 196 g/mol. The highest BCUT2D eigenvalue weighted by molar-refractivity contribution is 5.69. The maximum Gasteiger partial charge on any atom is 0.303 e. The van der Waals surface area contributed by atoms with Crippen LogP contribution in [0.25, 0.3) is 11.2 Å². The molecule has 0 spiro atoms. The monoisotopic (exact) mass is 206 g/mol. The van der Waals surface area contributed by atoms with Gasteiger partial charge in [-0.1, -0.05) is 0 Å². The Morgan fingerprint density at radius 1 is 1.47 bits per heavy atom. The molecule has 6 heteroatoms. The number of carboxylic acid groups (broad SMARTS) is 1. The molecule has 0 saturated heterocycles. The summed E-state index contributed by atoms with van der Waals surface area (Å²) in [5.41, 5.74) is 1.48. The Bertz CT molecular complexity index is 480. The van der Waals surface area contributed by atoms with Gasteiger partial charge in [-0.15, -0.1) is 0 Å². The Morgan fingerprint density at radius 3 is 3.13 bits per heavy atom.